The van der Waals surface area contributed by atoms with E-state index in [4.69, 9.17) is 4.98 Å². The maximum atomic E-state index is 12.9. The Bertz CT molecular complexity index is 1210. The zero-order chi connectivity index (χ0) is 20.7. The number of hydrogen-bond acceptors (Lipinski definition) is 4. The van der Waals surface area contributed by atoms with Gasteiger partial charge in [-0.25, -0.2) is 9.50 Å². The number of carbonyl (C=O) groups excluding carboxylic acids is 1. The quantitative estimate of drug-likeness (QED) is 0.573. The van der Waals surface area contributed by atoms with Gasteiger partial charge >= 0.3 is 0 Å². The predicted molar refractivity (Wildman–Crippen MR) is 117 cm³/mol. The van der Waals surface area contributed by atoms with Gasteiger partial charge in [0.2, 0.25) is 0 Å². The van der Waals surface area contributed by atoms with Gasteiger partial charge < -0.3 is 10.2 Å². The van der Waals surface area contributed by atoms with Crippen molar-refractivity contribution in [2.24, 2.45) is 0 Å². The molecule has 30 heavy (non-hydrogen) atoms. The van der Waals surface area contributed by atoms with E-state index in [1.807, 2.05) is 80.7 Å². The molecule has 0 bridgehead atoms. The fraction of sp³-hybridized carbons (Fsp3) is 0.208. The Morgan fingerprint density at radius 1 is 1.00 bits per heavy atom. The molecule has 2 aromatic heterocycles. The number of benzene rings is 2. The molecule has 0 radical (unpaired) electrons. The molecule has 1 fully saturated rings. The lowest BCUT2D eigenvalue weighted by atomic mass is 10.1. The lowest BCUT2D eigenvalue weighted by Gasteiger charge is -2.36. The van der Waals surface area contributed by atoms with E-state index in [1.54, 1.807) is 4.52 Å². The van der Waals surface area contributed by atoms with Crippen molar-refractivity contribution < 1.29 is 4.79 Å². The number of aryl methyl sites for hydroxylation is 1. The van der Waals surface area contributed by atoms with E-state index in [1.165, 1.54) is 0 Å². The van der Waals surface area contributed by atoms with E-state index in [2.05, 4.69) is 15.3 Å². The molecule has 0 saturated carbocycles. The molecule has 0 unspecified atom stereocenters. The van der Waals surface area contributed by atoms with Gasteiger partial charge in [-0.1, -0.05) is 60.7 Å². The molecule has 150 valence electrons. The topological polar surface area (TPSA) is 62.5 Å². The molecular weight excluding hydrogens is 374 g/mol. The summed E-state index contributed by atoms with van der Waals surface area (Å²) in [5.74, 6) is -0.142. The van der Waals surface area contributed by atoms with Crippen LogP contribution in [0.4, 0.5) is 0 Å². The van der Waals surface area contributed by atoms with Crippen LogP contribution in [0.15, 0.2) is 66.7 Å². The number of nitrogens with one attached hydrogen (secondary N) is 1. The molecule has 4 aromatic rings. The Labute approximate surface area is 175 Å². The van der Waals surface area contributed by atoms with Crippen LogP contribution in [0.1, 0.15) is 16.1 Å². The summed E-state index contributed by atoms with van der Waals surface area (Å²) in [7, 11) is 2.04. The number of hydrogen-bond donors (Lipinski definition) is 1. The summed E-state index contributed by atoms with van der Waals surface area (Å²) in [6, 6.07) is 22.4. The SMILES string of the molecule is Cc1c(C(=O)NC2CN(C)C2)nn2c(-c3ccccc3)cc(-c3ccccc3)nc12. The average molecular weight is 397 g/mol. The number of carbonyl (C=O) groups is 1. The van der Waals surface area contributed by atoms with Crippen LogP contribution >= 0.6 is 0 Å². The highest BCUT2D eigenvalue weighted by molar-refractivity contribution is 5.96. The van der Waals surface area contributed by atoms with E-state index in [-0.39, 0.29) is 11.9 Å². The molecule has 1 saturated heterocycles. The standard InChI is InChI=1S/C24H23N5O/c1-16-22(24(30)25-19-14-28(2)15-19)27-29-21(18-11-7-4-8-12-18)13-20(26-23(16)29)17-9-5-3-6-10-17/h3-13,19H,14-15H2,1-2H3,(H,25,30). The van der Waals surface area contributed by atoms with Crippen LogP contribution in [0.25, 0.3) is 28.2 Å². The Morgan fingerprint density at radius 3 is 2.27 bits per heavy atom. The fourth-order valence-electron chi connectivity index (χ4n) is 3.95. The third-order valence-corrected chi connectivity index (χ3v) is 5.57. The first-order valence-electron chi connectivity index (χ1n) is 10.1. The van der Waals surface area contributed by atoms with Gasteiger partial charge in [0, 0.05) is 29.8 Å². The fourth-order valence-corrected chi connectivity index (χ4v) is 3.95. The van der Waals surface area contributed by atoms with Crippen LogP contribution < -0.4 is 5.32 Å². The number of amides is 1. The van der Waals surface area contributed by atoms with Crippen molar-refractivity contribution in [1.82, 2.24) is 24.8 Å². The Morgan fingerprint density at radius 2 is 1.63 bits per heavy atom. The smallest absolute Gasteiger partial charge is 0.272 e. The van der Waals surface area contributed by atoms with E-state index in [0.29, 0.717) is 11.3 Å². The van der Waals surface area contributed by atoms with E-state index in [9.17, 15) is 4.79 Å². The lowest BCUT2D eigenvalue weighted by Crippen LogP contribution is -2.57. The van der Waals surface area contributed by atoms with Crippen molar-refractivity contribution in [1.29, 1.82) is 0 Å². The van der Waals surface area contributed by atoms with Gasteiger partial charge in [-0.05, 0) is 20.0 Å². The first-order valence-corrected chi connectivity index (χ1v) is 10.1. The summed E-state index contributed by atoms with van der Waals surface area (Å²) in [6.45, 7) is 3.65. The largest absolute Gasteiger partial charge is 0.345 e. The van der Waals surface area contributed by atoms with Crippen molar-refractivity contribution >= 4 is 11.6 Å². The van der Waals surface area contributed by atoms with E-state index in [0.717, 1.165) is 41.2 Å². The summed E-state index contributed by atoms with van der Waals surface area (Å²) >= 11 is 0. The van der Waals surface area contributed by atoms with Gasteiger partial charge in [0.25, 0.3) is 5.91 Å². The molecule has 0 spiro atoms. The average Bonchev–Trinajstić information content (AvgIpc) is 3.10. The maximum absolute atomic E-state index is 12.9. The minimum absolute atomic E-state index is 0.142. The first kappa shape index (κ1) is 18.5. The van der Waals surface area contributed by atoms with Crippen LogP contribution in [0.3, 0.4) is 0 Å². The van der Waals surface area contributed by atoms with Gasteiger partial charge in [-0.3, -0.25) is 4.79 Å². The zero-order valence-electron chi connectivity index (χ0n) is 17.0. The predicted octanol–water partition coefficient (Wildman–Crippen LogP) is 3.42. The third kappa shape index (κ3) is 3.25. The lowest BCUT2D eigenvalue weighted by molar-refractivity contribution is 0.0852. The van der Waals surface area contributed by atoms with Crippen LogP contribution in [-0.4, -0.2) is 51.6 Å². The zero-order valence-corrected chi connectivity index (χ0v) is 17.0. The van der Waals surface area contributed by atoms with Crippen LogP contribution in [0.5, 0.6) is 0 Å². The van der Waals surface area contributed by atoms with Crippen molar-refractivity contribution in [2.45, 2.75) is 13.0 Å². The third-order valence-electron chi connectivity index (χ3n) is 5.57. The molecule has 5 rings (SSSR count). The van der Waals surface area contributed by atoms with Crippen molar-refractivity contribution in [3.8, 4) is 22.5 Å². The monoisotopic (exact) mass is 397 g/mol. The minimum Gasteiger partial charge on any atom is -0.345 e. The molecule has 6 heteroatoms. The highest BCUT2D eigenvalue weighted by Gasteiger charge is 2.27. The van der Waals surface area contributed by atoms with Crippen molar-refractivity contribution in [2.75, 3.05) is 20.1 Å². The number of nitrogens with zero attached hydrogens (tertiary/aromatic N) is 4. The Hall–Kier alpha value is -3.51. The minimum atomic E-state index is -0.142. The summed E-state index contributed by atoms with van der Waals surface area (Å²) in [6.07, 6.45) is 0. The molecule has 1 N–H and O–H groups in total. The second-order valence-electron chi connectivity index (χ2n) is 7.86. The molecule has 1 amide bonds. The summed E-state index contributed by atoms with van der Waals surface area (Å²) in [4.78, 5) is 20.0. The number of rotatable bonds is 4. The molecule has 2 aromatic carbocycles. The van der Waals surface area contributed by atoms with E-state index < -0.39 is 0 Å². The Balaban J connectivity index is 1.65. The van der Waals surface area contributed by atoms with Crippen LogP contribution in [0, 0.1) is 6.92 Å². The van der Waals surface area contributed by atoms with Gasteiger partial charge in [0.05, 0.1) is 17.4 Å². The normalized spacial score (nSPS) is 14.6. The first-order chi connectivity index (χ1) is 14.6. The van der Waals surface area contributed by atoms with Gasteiger partial charge in [-0.2, -0.15) is 5.10 Å². The number of fused-ring (bicyclic) bond motifs is 1. The molecule has 0 aliphatic carbocycles. The summed E-state index contributed by atoms with van der Waals surface area (Å²) < 4.78 is 1.79. The molecule has 3 heterocycles. The second kappa shape index (κ2) is 7.39. The van der Waals surface area contributed by atoms with Crippen molar-refractivity contribution in [3.63, 3.8) is 0 Å². The van der Waals surface area contributed by atoms with E-state index >= 15 is 0 Å². The maximum Gasteiger partial charge on any atom is 0.272 e. The highest BCUT2D eigenvalue weighted by Crippen LogP contribution is 2.28. The second-order valence-corrected chi connectivity index (χ2v) is 7.86. The molecule has 6 nitrogen and oxygen atoms in total. The molecular formula is C24H23N5O. The summed E-state index contributed by atoms with van der Waals surface area (Å²) in [5.41, 5.74) is 5.74. The number of likely N-dealkylation sites (tertiary alicyclic amines) is 1. The van der Waals surface area contributed by atoms with Gasteiger partial charge in [0.15, 0.2) is 11.3 Å². The number of likely N-dealkylation sites (N-methyl/N-ethyl adjacent to an activating group) is 1. The molecule has 1 aliphatic heterocycles. The Kier molecular flexibility index (Phi) is 4.56. The highest BCUT2D eigenvalue weighted by atomic mass is 16.2. The van der Waals surface area contributed by atoms with Gasteiger partial charge in [-0.15, -0.1) is 0 Å². The molecule has 0 atom stereocenters. The van der Waals surface area contributed by atoms with Crippen LogP contribution in [0.2, 0.25) is 0 Å². The number of aromatic nitrogens is 3. The van der Waals surface area contributed by atoms with Crippen molar-refractivity contribution in [3.05, 3.63) is 78.0 Å². The summed E-state index contributed by atoms with van der Waals surface area (Å²) in [5, 5.41) is 7.77. The van der Waals surface area contributed by atoms with Crippen LogP contribution in [-0.2, 0) is 0 Å². The van der Waals surface area contributed by atoms with Gasteiger partial charge in [0.1, 0.15) is 0 Å². The molecule has 1 aliphatic rings.